The molecule has 0 spiro atoms. The van der Waals surface area contributed by atoms with Crippen molar-refractivity contribution in [1.29, 1.82) is 0 Å². The molecule has 1 saturated carbocycles. The number of aliphatic hydroxyl groups is 1. The van der Waals surface area contributed by atoms with Crippen LogP contribution in [0, 0.1) is 5.92 Å². The van der Waals surface area contributed by atoms with E-state index in [2.05, 4.69) is 0 Å². The second-order valence-electron chi connectivity index (χ2n) is 6.50. The Morgan fingerprint density at radius 2 is 1.95 bits per heavy atom. The van der Waals surface area contributed by atoms with E-state index in [1.54, 1.807) is 32.1 Å². The third-order valence-electron chi connectivity index (χ3n) is 4.76. The van der Waals surface area contributed by atoms with Crippen LogP contribution in [0.2, 0.25) is 0 Å². The van der Waals surface area contributed by atoms with Crippen LogP contribution < -0.4 is 0 Å². The normalized spacial score (nSPS) is 31.1. The standard InChI is InChI=1S/C17H19F3O/c1-3-10-4-5-11-6-7-13(12-8-16(2,21)9-12)14(11)15(10)17(18,19)20/h4-7,12-13,21H,3,8-9H2,1-2H3. The van der Waals surface area contributed by atoms with Gasteiger partial charge in [-0.25, -0.2) is 0 Å². The van der Waals surface area contributed by atoms with Crippen molar-refractivity contribution in [2.24, 2.45) is 5.92 Å². The summed E-state index contributed by atoms with van der Waals surface area (Å²) in [7, 11) is 0. The maximum atomic E-state index is 13.5. The second-order valence-corrected chi connectivity index (χ2v) is 6.50. The lowest BCUT2D eigenvalue weighted by Gasteiger charge is -2.44. The molecule has 1 nitrogen and oxygen atoms in total. The van der Waals surface area contributed by atoms with E-state index >= 15 is 0 Å². The fraction of sp³-hybridized carbons (Fsp3) is 0.529. The van der Waals surface area contributed by atoms with Crippen molar-refractivity contribution < 1.29 is 18.3 Å². The Morgan fingerprint density at radius 3 is 2.48 bits per heavy atom. The number of allylic oxidation sites excluding steroid dienone is 1. The van der Waals surface area contributed by atoms with E-state index in [1.165, 1.54) is 0 Å². The van der Waals surface area contributed by atoms with Crippen molar-refractivity contribution in [2.45, 2.75) is 50.8 Å². The van der Waals surface area contributed by atoms with Crippen molar-refractivity contribution in [2.75, 3.05) is 0 Å². The summed E-state index contributed by atoms with van der Waals surface area (Å²) in [6.45, 7) is 3.50. The summed E-state index contributed by atoms with van der Waals surface area (Å²) >= 11 is 0. The zero-order valence-corrected chi connectivity index (χ0v) is 12.2. The Labute approximate surface area is 122 Å². The molecule has 1 aromatic rings. The molecule has 2 aliphatic rings. The first-order chi connectivity index (χ1) is 9.73. The molecule has 1 fully saturated rings. The lowest BCUT2D eigenvalue weighted by molar-refractivity contribution is -0.139. The van der Waals surface area contributed by atoms with Crippen LogP contribution in [0.5, 0.6) is 0 Å². The van der Waals surface area contributed by atoms with Crippen LogP contribution in [0.25, 0.3) is 6.08 Å². The number of rotatable bonds is 2. The van der Waals surface area contributed by atoms with Crippen LogP contribution in [-0.2, 0) is 12.6 Å². The molecule has 4 heteroatoms. The van der Waals surface area contributed by atoms with Gasteiger partial charge in [-0.05, 0) is 48.8 Å². The number of alkyl halides is 3. The van der Waals surface area contributed by atoms with Crippen LogP contribution in [0.15, 0.2) is 18.2 Å². The number of hydrogen-bond acceptors (Lipinski definition) is 1. The van der Waals surface area contributed by atoms with Gasteiger partial charge in [-0.1, -0.05) is 31.2 Å². The Hall–Kier alpha value is -1.29. The van der Waals surface area contributed by atoms with Crippen LogP contribution in [-0.4, -0.2) is 10.7 Å². The summed E-state index contributed by atoms with van der Waals surface area (Å²) in [5.41, 5.74) is 0.283. The van der Waals surface area contributed by atoms with E-state index in [0.29, 0.717) is 36.0 Å². The molecular weight excluding hydrogens is 277 g/mol. The third-order valence-corrected chi connectivity index (χ3v) is 4.76. The average Bonchev–Trinajstić information content (AvgIpc) is 2.76. The van der Waals surface area contributed by atoms with Gasteiger partial charge in [0.15, 0.2) is 0 Å². The van der Waals surface area contributed by atoms with E-state index in [9.17, 15) is 18.3 Å². The quantitative estimate of drug-likeness (QED) is 0.849. The summed E-state index contributed by atoms with van der Waals surface area (Å²) in [5, 5.41) is 9.88. The summed E-state index contributed by atoms with van der Waals surface area (Å²) in [5.74, 6) is -0.117. The summed E-state index contributed by atoms with van der Waals surface area (Å²) in [6, 6.07) is 3.38. The topological polar surface area (TPSA) is 20.2 Å². The van der Waals surface area contributed by atoms with E-state index in [1.807, 2.05) is 6.08 Å². The molecule has 0 radical (unpaired) electrons. The minimum Gasteiger partial charge on any atom is -0.390 e. The molecule has 0 aliphatic heterocycles. The predicted octanol–water partition coefficient (Wildman–Crippen LogP) is 4.54. The third kappa shape index (κ3) is 2.39. The van der Waals surface area contributed by atoms with Crippen molar-refractivity contribution >= 4 is 6.08 Å². The summed E-state index contributed by atoms with van der Waals surface area (Å²) in [4.78, 5) is 0. The van der Waals surface area contributed by atoms with Gasteiger partial charge < -0.3 is 5.11 Å². The zero-order chi connectivity index (χ0) is 15.4. The molecule has 3 rings (SSSR count). The minimum absolute atomic E-state index is 0.103. The Bertz CT molecular complexity index is 591. The zero-order valence-electron chi connectivity index (χ0n) is 12.2. The smallest absolute Gasteiger partial charge is 0.390 e. The van der Waals surface area contributed by atoms with Crippen LogP contribution in [0.1, 0.15) is 54.9 Å². The highest BCUT2D eigenvalue weighted by Crippen LogP contribution is 2.52. The number of benzene rings is 1. The molecule has 1 N–H and O–H groups in total. The van der Waals surface area contributed by atoms with Gasteiger partial charge in [-0.15, -0.1) is 0 Å². The summed E-state index contributed by atoms with van der Waals surface area (Å²) < 4.78 is 40.6. The van der Waals surface area contributed by atoms with Crippen LogP contribution in [0.4, 0.5) is 13.2 Å². The van der Waals surface area contributed by atoms with Crippen LogP contribution in [0.3, 0.4) is 0 Å². The van der Waals surface area contributed by atoms with Crippen molar-refractivity contribution in [3.8, 4) is 0 Å². The number of hydrogen-bond donors (Lipinski definition) is 1. The van der Waals surface area contributed by atoms with E-state index in [-0.39, 0.29) is 11.8 Å². The molecule has 0 saturated heterocycles. The fourth-order valence-corrected chi connectivity index (χ4v) is 3.83. The highest BCUT2D eigenvalue weighted by molar-refractivity contribution is 5.66. The molecule has 0 amide bonds. The maximum absolute atomic E-state index is 13.5. The van der Waals surface area contributed by atoms with Gasteiger partial charge in [-0.2, -0.15) is 13.2 Å². The predicted molar refractivity (Wildman–Crippen MR) is 75.9 cm³/mol. The number of fused-ring (bicyclic) bond motifs is 1. The van der Waals surface area contributed by atoms with Gasteiger partial charge in [0.1, 0.15) is 0 Å². The molecule has 1 aromatic carbocycles. The highest BCUT2D eigenvalue weighted by Gasteiger charge is 2.47. The SMILES string of the molecule is CCc1ccc2c(c1C(F)(F)F)C(C1CC(C)(O)C1)C=C2. The lowest BCUT2D eigenvalue weighted by atomic mass is 9.64. The monoisotopic (exact) mass is 296 g/mol. The molecule has 21 heavy (non-hydrogen) atoms. The van der Waals surface area contributed by atoms with Gasteiger partial charge in [0.2, 0.25) is 0 Å². The van der Waals surface area contributed by atoms with Crippen molar-refractivity contribution in [3.05, 3.63) is 40.5 Å². The molecule has 0 aromatic heterocycles. The Balaban J connectivity index is 2.05. The van der Waals surface area contributed by atoms with Gasteiger partial charge in [0.05, 0.1) is 11.2 Å². The Morgan fingerprint density at radius 1 is 1.29 bits per heavy atom. The number of halogens is 3. The van der Waals surface area contributed by atoms with Gasteiger partial charge >= 0.3 is 6.18 Å². The molecule has 114 valence electrons. The van der Waals surface area contributed by atoms with Crippen LogP contribution >= 0.6 is 0 Å². The summed E-state index contributed by atoms with van der Waals surface area (Å²) in [6.07, 6.45) is 0.843. The number of aryl methyl sites for hydroxylation is 1. The lowest BCUT2D eigenvalue weighted by Crippen LogP contribution is -2.43. The molecule has 0 heterocycles. The largest absolute Gasteiger partial charge is 0.416 e. The van der Waals surface area contributed by atoms with E-state index < -0.39 is 17.3 Å². The van der Waals surface area contributed by atoms with Gasteiger partial charge in [-0.3, -0.25) is 0 Å². The highest BCUT2D eigenvalue weighted by atomic mass is 19.4. The average molecular weight is 296 g/mol. The minimum atomic E-state index is -4.33. The molecular formula is C17H19F3O. The first-order valence-corrected chi connectivity index (χ1v) is 7.36. The van der Waals surface area contributed by atoms with Crippen molar-refractivity contribution in [3.63, 3.8) is 0 Å². The maximum Gasteiger partial charge on any atom is 0.416 e. The van der Waals surface area contributed by atoms with E-state index in [0.717, 1.165) is 0 Å². The van der Waals surface area contributed by atoms with Gasteiger partial charge in [0, 0.05) is 5.92 Å². The molecule has 1 atom stereocenters. The first-order valence-electron chi connectivity index (χ1n) is 7.36. The fourth-order valence-electron chi connectivity index (χ4n) is 3.83. The molecule has 2 aliphatic carbocycles. The second kappa shape index (κ2) is 4.60. The molecule has 1 unspecified atom stereocenters. The van der Waals surface area contributed by atoms with Crippen molar-refractivity contribution in [1.82, 2.24) is 0 Å². The Kier molecular flexibility index (Phi) is 3.21. The van der Waals surface area contributed by atoms with Gasteiger partial charge in [0.25, 0.3) is 0 Å². The van der Waals surface area contributed by atoms with E-state index in [4.69, 9.17) is 0 Å². The first kappa shape index (κ1) is 14.6. The molecule has 0 bridgehead atoms.